The van der Waals surface area contributed by atoms with E-state index in [9.17, 15) is 9.90 Å². The first-order valence-electron chi connectivity index (χ1n) is 18.1. The second-order valence-corrected chi connectivity index (χ2v) is 15.5. The summed E-state index contributed by atoms with van der Waals surface area (Å²) < 4.78 is 35.6. The van der Waals surface area contributed by atoms with Crippen LogP contribution in [0.15, 0.2) is 54.7 Å². The van der Waals surface area contributed by atoms with E-state index in [0.29, 0.717) is 58.8 Å². The predicted octanol–water partition coefficient (Wildman–Crippen LogP) is 8.18. The molecule has 3 aromatic heterocycles. The number of ether oxygens (including phenoxy) is 3. The lowest BCUT2D eigenvalue weighted by atomic mass is 9.86. The van der Waals surface area contributed by atoms with Gasteiger partial charge in [0.1, 0.15) is 17.2 Å². The first-order chi connectivity index (χ1) is 24.9. The van der Waals surface area contributed by atoms with E-state index < -0.39 is 23.5 Å². The number of carbonyl (C=O) groups is 1. The zero-order valence-corrected chi connectivity index (χ0v) is 30.8. The number of aryl methyl sites for hydroxylation is 2. The van der Waals surface area contributed by atoms with Crippen molar-refractivity contribution in [3.63, 3.8) is 0 Å². The van der Waals surface area contributed by atoms with Gasteiger partial charge in [-0.1, -0.05) is 18.2 Å². The molecule has 1 N–H and O–H groups in total. The Bertz CT molecular complexity index is 2230. The molecule has 3 aliphatic rings. The zero-order valence-electron chi connectivity index (χ0n) is 30.8. The monoisotopic (exact) mass is 704 g/mol. The third-order valence-corrected chi connectivity index (χ3v) is 11.1. The van der Waals surface area contributed by atoms with Crippen LogP contribution in [0.3, 0.4) is 0 Å². The number of methoxy groups -OCH3 is 1. The van der Waals surface area contributed by atoms with Gasteiger partial charge in [0.05, 0.1) is 25.0 Å². The van der Waals surface area contributed by atoms with E-state index in [2.05, 4.69) is 23.1 Å². The van der Waals surface area contributed by atoms with Gasteiger partial charge in [-0.3, -0.25) is 0 Å². The van der Waals surface area contributed by atoms with E-state index in [1.54, 1.807) is 7.11 Å². The van der Waals surface area contributed by atoms with Crippen molar-refractivity contribution < 1.29 is 28.5 Å². The predicted molar refractivity (Wildman–Crippen MR) is 199 cm³/mol. The molecule has 1 saturated heterocycles. The van der Waals surface area contributed by atoms with Crippen LogP contribution < -0.4 is 14.4 Å². The van der Waals surface area contributed by atoms with Gasteiger partial charge in [-0.15, -0.1) is 0 Å². The largest absolute Gasteiger partial charge is 0.496 e. The van der Waals surface area contributed by atoms with Crippen LogP contribution >= 0.6 is 0 Å². The maximum atomic E-state index is 15.9. The molecule has 52 heavy (non-hydrogen) atoms. The Morgan fingerprint density at radius 3 is 2.56 bits per heavy atom. The summed E-state index contributed by atoms with van der Waals surface area (Å²) in [6.45, 7) is 11.6. The number of nitrogens with zero attached hydrogens (tertiary/aromatic N) is 4. The van der Waals surface area contributed by atoms with Crippen LogP contribution in [0.4, 0.5) is 10.2 Å². The highest BCUT2D eigenvalue weighted by Gasteiger charge is 2.57. The fourth-order valence-corrected chi connectivity index (χ4v) is 8.72. The Kier molecular flexibility index (Phi) is 8.28. The van der Waals surface area contributed by atoms with Crippen LogP contribution in [0, 0.1) is 31.5 Å². The zero-order chi connectivity index (χ0) is 36.6. The highest BCUT2D eigenvalue weighted by atomic mass is 19.1. The summed E-state index contributed by atoms with van der Waals surface area (Å²) >= 11 is 0. The molecule has 8 rings (SSSR count). The summed E-state index contributed by atoms with van der Waals surface area (Å²) in [7, 11) is 3.70. The lowest BCUT2D eigenvalue weighted by molar-refractivity contribution is -0.160. The number of carboxylic acids is 1. The van der Waals surface area contributed by atoms with Crippen molar-refractivity contribution in [2.24, 2.45) is 18.9 Å². The van der Waals surface area contributed by atoms with Crippen LogP contribution in [0.5, 0.6) is 11.5 Å². The van der Waals surface area contributed by atoms with Crippen LogP contribution in [0.1, 0.15) is 67.2 Å². The molecule has 5 aromatic rings. The lowest BCUT2D eigenvalue weighted by Gasteiger charge is -2.29. The number of halogens is 1. The molecule has 0 spiro atoms. The molecule has 1 unspecified atom stereocenters. The minimum atomic E-state index is -1.33. The van der Waals surface area contributed by atoms with E-state index in [1.165, 1.54) is 11.6 Å². The Morgan fingerprint density at radius 1 is 1.10 bits per heavy atom. The van der Waals surface area contributed by atoms with Gasteiger partial charge in [0.2, 0.25) is 0 Å². The van der Waals surface area contributed by atoms with E-state index in [-0.39, 0.29) is 5.75 Å². The van der Waals surface area contributed by atoms with Crippen molar-refractivity contribution in [1.82, 2.24) is 14.5 Å². The summed E-state index contributed by atoms with van der Waals surface area (Å²) in [5.74, 6) is 2.16. The third-order valence-electron chi connectivity index (χ3n) is 11.1. The Morgan fingerprint density at radius 2 is 1.85 bits per heavy atom. The standard InChI is InChI=1S/C42H45FN4O5/c1-22-25-12-10-16-51-38(25)31(43)18-27(22)37-28-19-32(46(6)40(28)45-23(2)35(37)39(41(48)49)52-42(3,4)5)24-14-15-44-34(17-24)47-20-29-30(21-47)36(29)26-11-8-9-13-33(26)50-7/h8-9,11,13-15,17-19,29-30,36,39H,10,12,16,20-21H2,1-7H3,(H,48,49)/t29-,30+,36?,39-/m0/s1. The first kappa shape index (κ1) is 34.1. The second-order valence-electron chi connectivity index (χ2n) is 15.5. The molecule has 2 fully saturated rings. The summed E-state index contributed by atoms with van der Waals surface area (Å²) in [6, 6.07) is 16.0. The van der Waals surface area contributed by atoms with Crippen molar-refractivity contribution in [3.8, 4) is 33.9 Å². The molecule has 10 heteroatoms. The van der Waals surface area contributed by atoms with Gasteiger partial charge < -0.3 is 28.8 Å². The van der Waals surface area contributed by atoms with Gasteiger partial charge in [-0.2, -0.15) is 0 Å². The van der Waals surface area contributed by atoms with Crippen molar-refractivity contribution in [2.75, 3.05) is 31.7 Å². The van der Waals surface area contributed by atoms with Gasteiger partial charge in [0, 0.05) is 59.7 Å². The summed E-state index contributed by atoms with van der Waals surface area (Å²) in [5.41, 5.74) is 6.86. The molecule has 5 heterocycles. The average Bonchev–Trinajstić information content (AvgIpc) is 3.42. The van der Waals surface area contributed by atoms with E-state index in [4.69, 9.17) is 24.2 Å². The van der Waals surface area contributed by atoms with Gasteiger partial charge in [0.25, 0.3) is 0 Å². The molecule has 1 saturated carbocycles. The molecule has 1 aliphatic carbocycles. The quantitative estimate of drug-likeness (QED) is 0.173. The molecule has 0 bridgehead atoms. The molecule has 270 valence electrons. The lowest BCUT2D eigenvalue weighted by Crippen LogP contribution is -2.28. The van der Waals surface area contributed by atoms with Crippen LogP contribution in [0.25, 0.3) is 33.4 Å². The highest BCUT2D eigenvalue weighted by molar-refractivity contribution is 6.01. The fraction of sp³-hybridized carbons (Fsp3) is 0.405. The minimum absolute atomic E-state index is 0.281. The number of fused-ring (bicyclic) bond motifs is 3. The molecule has 2 aromatic carbocycles. The maximum absolute atomic E-state index is 15.9. The molecule has 4 atom stereocenters. The first-order valence-corrected chi connectivity index (χ1v) is 18.1. The van der Waals surface area contributed by atoms with Gasteiger partial charge in [-0.05, 0) is 112 Å². The van der Waals surface area contributed by atoms with E-state index in [0.717, 1.165) is 58.8 Å². The van der Waals surface area contributed by atoms with E-state index in [1.807, 2.05) is 76.7 Å². The number of carboxylic acid groups (broad SMARTS) is 1. The van der Waals surface area contributed by atoms with Crippen LogP contribution in [-0.2, 0) is 23.0 Å². The molecule has 0 radical (unpaired) electrons. The van der Waals surface area contributed by atoms with Crippen molar-refractivity contribution in [2.45, 2.75) is 65.1 Å². The maximum Gasteiger partial charge on any atom is 0.337 e. The number of aliphatic carboxylic acids is 1. The minimum Gasteiger partial charge on any atom is -0.496 e. The number of aromatic nitrogens is 3. The number of hydrogen-bond acceptors (Lipinski definition) is 7. The van der Waals surface area contributed by atoms with Gasteiger partial charge >= 0.3 is 5.97 Å². The summed E-state index contributed by atoms with van der Waals surface area (Å²) in [6.07, 6.45) is 1.96. The average molecular weight is 705 g/mol. The fourth-order valence-electron chi connectivity index (χ4n) is 8.72. The Hall–Kier alpha value is -4.96. The van der Waals surface area contributed by atoms with Crippen molar-refractivity contribution >= 4 is 22.8 Å². The third kappa shape index (κ3) is 5.68. The van der Waals surface area contributed by atoms with Crippen LogP contribution in [0.2, 0.25) is 0 Å². The number of pyridine rings is 2. The number of hydrogen-bond donors (Lipinski definition) is 1. The second kappa shape index (κ2) is 12.6. The van der Waals surface area contributed by atoms with E-state index >= 15 is 4.39 Å². The van der Waals surface area contributed by atoms with Crippen molar-refractivity contribution in [1.29, 1.82) is 0 Å². The summed E-state index contributed by atoms with van der Waals surface area (Å²) in [4.78, 5) is 25.1. The number of para-hydroxylation sites is 1. The Balaban J connectivity index is 1.23. The molecule has 2 aliphatic heterocycles. The van der Waals surface area contributed by atoms with Crippen molar-refractivity contribution in [3.05, 3.63) is 88.5 Å². The highest BCUT2D eigenvalue weighted by Crippen LogP contribution is 2.60. The topological polar surface area (TPSA) is 98.9 Å². The van der Waals surface area contributed by atoms with Gasteiger partial charge in [0.15, 0.2) is 17.7 Å². The number of piperidine rings is 1. The smallest absolute Gasteiger partial charge is 0.337 e. The Labute approximate surface area is 303 Å². The molecular formula is C42H45FN4O5. The molecule has 0 amide bonds. The molecule has 9 nitrogen and oxygen atoms in total. The molecular weight excluding hydrogens is 659 g/mol. The number of benzene rings is 2. The number of anilines is 1. The van der Waals surface area contributed by atoms with Gasteiger partial charge in [-0.25, -0.2) is 19.2 Å². The number of rotatable bonds is 8. The normalized spacial score (nSPS) is 20.0. The van der Waals surface area contributed by atoms with Crippen LogP contribution in [-0.4, -0.2) is 58.0 Å². The summed E-state index contributed by atoms with van der Waals surface area (Å²) in [5, 5.41) is 11.3. The SMILES string of the molecule is COc1ccccc1C1[C@H]2CN(c3cc(-c4cc5c(-c6cc(F)c7c(c6C)CCCO7)c([C@H](OC(C)(C)C)C(=O)O)c(C)nc5n4C)ccn3)C[C@@H]12.